The second kappa shape index (κ2) is 8.39. The topological polar surface area (TPSA) is 99.0 Å². The highest BCUT2D eigenvalue weighted by Crippen LogP contribution is 2.31. The van der Waals surface area contributed by atoms with Crippen LogP contribution < -0.4 is 0 Å². The first-order valence-corrected chi connectivity index (χ1v) is 7.97. The van der Waals surface area contributed by atoms with Gasteiger partial charge in [0.15, 0.2) is 0 Å². The molecule has 0 saturated carbocycles. The van der Waals surface area contributed by atoms with Gasteiger partial charge >= 0.3 is 5.97 Å². The third-order valence-electron chi connectivity index (χ3n) is 4.05. The predicted molar refractivity (Wildman–Crippen MR) is 94.0 cm³/mol. The Kier molecular flexibility index (Phi) is 6.24. The summed E-state index contributed by atoms with van der Waals surface area (Å²) in [5, 5.41) is 10.8. The lowest BCUT2D eigenvalue weighted by atomic mass is 10.0. The Morgan fingerprint density at radius 2 is 1.92 bits per heavy atom. The molecule has 1 aromatic rings. The van der Waals surface area contributed by atoms with E-state index in [1.54, 1.807) is 14.0 Å². The van der Waals surface area contributed by atoms with Crippen molar-refractivity contribution in [1.82, 2.24) is 4.90 Å². The van der Waals surface area contributed by atoms with Crippen molar-refractivity contribution in [2.24, 2.45) is 0 Å². The Hall–Kier alpha value is -3.00. The zero-order valence-electron chi connectivity index (χ0n) is 14.9. The normalized spacial score (nSPS) is 15.7. The van der Waals surface area contributed by atoms with E-state index in [2.05, 4.69) is 0 Å². The molecule has 26 heavy (non-hydrogen) atoms. The molecule has 0 N–H and O–H groups in total. The molecule has 0 fully saturated rings. The van der Waals surface area contributed by atoms with Crippen molar-refractivity contribution < 1.29 is 24.0 Å². The Morgan fingerprint density at radius 3 is 2.46 bits per heavy atom. The van der Waals surface area contributed by atoms with E-state index < -0.39 is 10.9 Å². The minimum atomic E-state index is -0.599. The number of nitro benzene ring substituents is 1. The van der Waals surface area contributed by atoms with Gasteiger partial charge in [-0.1, -0.05) is 0 Å². The summed E-state index contributed by atoms with van der Waals surface area (Å²) in [7, 11) is 2.83. The van der Waals surface area contributed by atoms with E-state index in [1.165, 1.54) is 42.4 Å². The van der Waals surface area contributed by atoms with Gasteiger partial charge in [0.2, 0.25) is 0 Å². The Labute approximate surface area is 150 Å². The Morgan fingerprint density at radius 1 is 1.27 bits per heavy atom. The number of benzene rings is 1. The molecule has 0 saturated heterocycles. The number of esters is 1. The van der Waals surface area contributed by atoms with Crippen molar-refractivity contribution in [1.29, 1.82) is 0 Å². The van der Waals surface area contributed by atoms with Crippen molar-refractivity contribution in [3.8, 4) is 0 Å². The van der Waals surface area contributed by atoms with Crippen molar-refractivity contribution in [3.05, 3.63) is 56.8 Å². The maximum Gasteiger partial charge on any atom is 0.340 e. The number of nitro groups is 1. The van der Waals surface area contributed by atoms with Crippen molar-refractivity contribution >= 4 is 23.6 Å². The van der Waals surface area contributed by atoms with Crippen molar-refractivity contribution in [2.75, 3.05) is 27.4 Å². The number of allylic oxidation sites excluding steroid dienone is 1. The van der Waals surface area contributed by atoms with Gasteiger partial charge in [0.1, 0.15) is 0 Å². The number of carbonyl (C=O) groups is 2. The number of hydrogen-bond donors (Lipinski definition) is 0. The molecule has 0 unspecified atom stereocenters. The highest BCUT2D eigenvalue weighted by molar-refractivity contribution is 6.16. The second-order valence-corrected chi connectivity index (χ2v) is 5.66. The lowest BCUT2D eigenvalue weighted by molar-refractivity contribution is -0.384. The van der Waals surface area contributed by atoms with E-state index in [-0.39, 0.29) is 22.7 Å². The number of hydrogen-bond acceptors (Lipinski definition) is 6. The van der Waals surface area contributed by atoms with Crippen LogP contribution in [0.4, 0.5) is 5.69 Å². The van der Waals surface area contributed by atoms with Crippen LogP contribution in [-0.4, -0.2) is 49.1 Å². The Bertz CT molecular complexity index is 779. The molecule has 0 bridgehead atoms. The Balaban J connectivity index is 2.39. The molecule has 1 aliphatic rings. The first kappa shape index (κ1) is 19.3. The number of ether oxygens (including phenoxy) is 2. The van der Waals surface area contributed by atoms with Crippen LogP contribution in [0.5, 0.6) is 0 Å². The molecule has 1 amide bonds. The lowest BCUT2D eigenvalue weighted by Crippen LogP contribution is -2.26. The first-order chi connectivity index (χ1) is 12.4. The summed E-state index contributed by atoms with van der Waals surface area (Å²) in [6, 6.07) is 5.74. The average molecular weight is 360 g/mol. The summed E-state index contributed by atoms with van der Waals surface area (Å²) in [6.45, 7) is 2.59. The quantitative estimate of drug-likeness (QED) is 0.243. The van der Waals surface area contributed by atoms with E-state index in [4.69, 9.17) is 9.47 Å². The molecular formula is C18H20N2O6. The summed E-state index contributed by atoms with van der Waals surface area (Å²) < 4.78 is 9.82. The van der Waals surface area contributed by atoms with Crippen LogP contribution >= 0.6 is 0 Å². The molecule has 0 radical (unpaired) electrons. The van der Waals surface area contributed by atoms with Crippen LogP contribution in [0.2, 0.25) is 0 Å². The molecule has 8 nitrogen and oxygen atoms in total. The lowest BCUT2D eigenvalue weighted by Gasteiger charge is -2.17. The standard InChI is InChI=1S/C18H20N2O6/c1-12-16(18(22)26-3)15(17(21)19(12)9-4-10-25-2)11-13-5-7-14(8-6-13)20(23)24/h5-8,11H,4,9-10H2,1-3H3. The van der Waals surface area contributed by atoms with Crippen LogP contribution in [0.3, 0.4) is 0 Å². The van der Waals surface area contributed by atoms with Gasteiger partial charge < -0.3 is 14.4 Å². The number of carbonyl (C=O) groups excluding carboxylic acids is 2. The molecule has 1 aromatic carbocycles. The monoisotopic (exact) mass is 360 g/mol. The summed E-state index contributed by atoms with van der Waals surface area (Å²) in [6.07, 6.45) is 2.16. The summed E-state index contributed by atoms with van der Waals surface area (Å²) in [4.78, 5) is 36.7. The number of amides is 1. The van der Waals surface area contributed by atoms with Gasteiger partial charge in [-0.05, 0) is 37.1 Å². The van der Waals surface area contributed by atoms with E-state index >= 15 is 0 Å². The molecule has 1 heterocycles. The molecular weight excluding hydrogens is 340 g/mol. The molecule has 0 aliphatic carbocycles. The van der Waals surface area contributed by atoms with Crippen LogP contribution in [0.1, 0.15) is 18.9 Å². The molecule has 8 heteroatoms. The van der Waals surface area contributed by atoms with Crippen molar-refractivity contribution in [3.63, 3.8) is 0 Å². The maximum atomic E-state index is 12.8. The minimum Gasteiger partial charge on any atom is -0.465 e. The third-order valence-corrected chi connectivity index (χ3v) is 4.05. The molecule has 1 aliphatic heterocycles. The van der Waals surface area contributed by atoms with Gasteiger partial charge in [-0.2, -0.15) is 0 Å². The largest absolute Gasteiger partial charge is 0.465 e. The highest BCUT2D eigenvalue weighted by atomic mass is 16.6. The fourth-order valence-electron chi connectivity index (χ4n) is 2.72. The molecule has 0 spiro atoms. The summed E-state index contributed by atoms with van der Waals surface area (Å²) >= 11 is 0. The summed E-state index contributed by atoms with van der Waals surface area (Å²) in [5.41, 5.74) is 1.46. The van der Waals surface area contributed by atoms with Crippen LogP contribution in [0, 0.1) is 10.1 Å². The zero-order valence-corrected chi connectivity index (χ0v) is 14.9. The second-order valence-electron chi connectivity index (χ2n) is 5.66. The van der Waals surface area contributed by atoms with Crippen LogP contribution in [-0.2, 0) is 19.1 Å². The van der Waals surface area contributed by atoms with Gasteiger partial charge in [0, 0.05) is 38.1 Å². The van der Waals surface area contributed by atoms with Gasteiger partial charge in [0.25, 0.3) is 11.6 Å². The number of non-ortho nitro benzene ring substituents is 1. The van der Waals surface area contributed by atoms with Gasteiger partial charge in [-0.15, -0.1) is 0 Å². The minimum absolute atomic E-state index is 0.0500. The van der Waals surface area contributed by atoms with E-state index in [0.717, 1.165) is 0 Å². The predicted octanol–water partition coefficient (Wildman–Crippen LogP) is 2.30. The number of methoxy groups -OCH3 is 2. The number of rotatable bonds is 7. The molecule has 138 valence electrons. The van der Waals surface area contributed by atoms with Gasteiger partial charge in [-0.3, -0.25) is 14.9 Å². The summed E-state index contributed by atoms with van der Waals surface area (Å²) in [5.74, 6) is -0.907. The zero-order chi connectivity index (χ0) is 19.3. The highest BCUT2D eigenvalue weighted by Gasteiger charge is 2.36. The smallest absolute Gasteiger partial charge is 0.340 e. The molecule has 0 aromatic heterocycles. The van der Waals surface area contributed by atoms with Crippen LogP contribution in [0.15, 0.2) is 41.1 Å². The average Bonchev–Trinajstić information content (AvgIpc) is 2.86. The van der Waals surface area contributed by atoms with Crippen LogP contribution in [0.25, 0.3) is 6.08 Å². The fraction of sp³-hybridized carbons (Fsp3) is 0.333. The van der Waals surface area contributed by atoms with Gasteiger partial charge in [0.05, 0.1) is 23.2 Å². The van der Waals surface area contributed by atoms with E-state index in [0.29, 0.717) is 30.8 Å². The van der Waals surface area contributed by atoms with Crippen molar-refractivity contribution in [2.45, 2.75) is 13.3 Å². The van der Waals surface area contributed by atoms with E-state index in [9.17, 15) is 19.7 Å². The first-order valence-electron chi connectivity index (χ1n) is 7.97. The third kappa shape index (κ3) is 3.97. The number of nitrogens with zero attached hydrogens (tertiary/aromatic N) is 2. The van der Waals surface area contributed by atoms with E-state index in [1.807, 2.05) is 0 Å². The SMILES string of the molecule is COCCCN1C(=O)C(=Cc2ccc([N+](=O)[O-])cc2)C(C(=O)OC)=C1C. The molecule has 0 atom stereocenters. The maximum absolute atomic E-state index is 12.8. The van der Waals surface area contributed by atoms with Gasteiger partial charge in [-0.25, -0.2) is 4.79 Å². The fourth-order valence-corrected chi connectivity index (χ4v) is 2.72. The molecule has 2 rings (SSSR count).